The van der Waals surface area contributed by atoms with Gasteiger partial charge in [0, 0.05) is 25.7 Å². The van der Waals surface area contributed by atoms with Crippen LogP contribution in [0.25, 0.3) is 0 Å². The van der Waals surface area contributed by atoms with Gasteiger partial charge >= 0.3 is 12.1 Å². The molecule has 1 unspecified atom stereocenters. The molecule has 34 heavy (non-hydrogen) atoms. The Morgan fingerprint density at radius 2 is 1.68 bits per heavy atom. The Kier molecular flexibility index (Phi) is 13.4. The number of hydrogen-bond acceptors (Lipinski definition) is 3. The van der Waals surface area contributed by atoms with Gasteiger partial charge in [-0.2, -0.15) is 13.2 Å². The van der Waals surface area contributed by atoms with E-state index in [0.717, 1.165) is 18.1 Å². The number of hydrogen-bond donors (Lipinski definition) is 0. The first kappa shape index (κ1) is 29.5. The van der Waals surface area contributed by atoms with Crippen LogP contribution in [0.15, 0.2) is 54.6 Å². The van der Waals surface area contributed by atoms with Crippen molar-refractivity contribution in [3.05, 3.63) is 65.7 Å². The highest BCUT2D eigenvalue weighted by molar-refractivity contribution is 5.65. The van der Waals surface area contributed by atoms with Gasteiger partial charge in [0.25, 0.3) is 0 Å². The van der Waals surface area contributed by atoms with Gasteiger partial charge in [-0.3, -0.25) is 4.79 Å². The molecule has 1 heterocycles. The second-order valence-corrected chi connectivity index (χ2v) is 8.78. The molecule has 0 aliphatic carbocycles. The van der Waals surface area contributed by atoms with Crippen LogP contribution in [0.1, 0.15) is 77.3 Å². The minimum atomic E-state index is -4.21. The predicted octanol–water partition coefficient (Wildman–Crippen LogP) is 8.10. The summed E-state index contributed by atoms with van der Waals surface area (Å²) in [6.45, 7) is 13.0. The molecule has 0 N–H and O–H groups in total. The quantitative estimate of drug-likeness (QED) is 0.406. The van der Waals surface area contributed by atoms with Crippen LogP contribution >= 0.6 is 0 Å². The normalized spacial score (nSPS) is 15.6. The summed E-state index contributed by atoms with van der Waals surface area (Å²) in [5.41, 5.74) is 2.26. The molecule has 0 saturated carbocycles. The molecule has 0 bridgehead atoms. The van der Waals surface area contributed by atoms with Crippen LogP contribution < -0.4 is 4.90 Å². The van der Waals surface area contributed by atoms with E-state index < -0.39 is 11.7 Å². The van der Waals surface area contributed by atoms with E-state index >= 15 is 0 Å². The van der Waals surface area contributed by atoms with Crippen molar-refractivity contribution in [2.45, 2.75) is 72.4 Å². The molecule has 0 radical (unpaired) electrons. The summed E-state index contributed by atoms with van der Waals surface area (Å²) in [6.07, 6.45) is 1.29. The molecule has 1 saturated heterocycles. The number of alkyl halides is 3. The highest BCUT2D eigenvalue weighted by Crippen LogP contribution is 2.28. The number of piperidine rings is 1. The Morgan fingerprint density at radius 3 is 2.09 bits per heavy atom. The molecule has 2 aromatic rings. The van der Waals surface area contributed by atoms with Crippen molar-refractivity contribution < 1.29 is 22.7 Å². The van der Waals surface area contributed by atoms with Gasteiger partial charge in [0.05, 0.1) is 12.2 Å². The van der Waals surface area contributed by atoms with Crippen molar-refractivity contribution >= 4 is 11.7 Å². The summed E-state index contributed by atoms with van der Waals surface area (Å²) in [4.78, 5) is 12.4. The van der Waals surface area contributed by atoms with Crippen LogP contribution in [0.5, 0.6) is 0 Å². The van der Waals surface area contributed by atoms with E-state index in [4.69, 9.17) is 0 Å². The van der Waals surface area contributed by atoms with Gasteiger partial charge in [-0.15, -0.1) is 0 Å². The Balaban J connectivity index is 0.000000303. The van der Waals surface area contributed by atoms with Gasteiger partial charge in [0.15, 0.2) is 0 Å². The molecular weight excluding hydrogens is 439 g/mol. The first-order valence-electron chi connectivity index (χ1n) is 12.2. The van der Waals surface area contributed by atoms with Gasteiger partial charge < -0.3 is 9.64 Å². The second kappa shape index (κ2) is 15.4. The summed E-state index contributed by atoms with van der Waals surface area (Å²) in [7, 11) is 0. The average Bonchev–Trinajstić information content (AvgIpc) is 2.80. The predicted molar refractivity (Wildman–Crippen MR) is 134 cm³/mol. The zero-order valence-electron chi connectivity index (χ0n) is 21.2. The number of esters is 1. The van der Waals surface area contributed by atoms with E-state index in [1.165, 1.54) is 69.1 Å². The molecule has 2 aromatic carbocycles. The third-order valence-electron chi connectivity index (χ3n) is 5.59. The third kappa shape index (κ3) is 11.6. The van der Waals surface area contributed by atoms with E-state index in [-0.39, 0.29) is 5.97 Å². The average molecular weight is 480 g/mol. The Bertz CT molecular complexity index is 803. The minimum absolute atomic E-state index is 0.211. The number of carbonyl (C=O) groups is 1. The smallest absolute Gasteiger partial charge is 0.416 e. The molecule has 1 atom stereocenters. The summed E-state index contributed by atoms with van der Waals surface area (Å²) >= 11 is 0. The van der Waals surface area contributed by atoms with Crippen molar-refractivity contribution in [2.75, 3.05) is 24.6 Å². The maximum absolute atomic E-state index is 11.8. The first-order valence-corrected chi connectivity index (χ1v) is 12.2. The molecule has 0 amide bonds. The van der Waals surface area contributed by atoms with Gasteiger partial charge in [-0.25, -0.2) is 0 Å². The molecule has 3 rings (SSSR count). The zero-order chi connectivity index (χ0) is 25.6. The van der Waals surface area contributed by atoms with Crippen molar-refractivity contribution in [3.8, 4) is 0 Å². The Labute approximate surface area is 203 Å². The summed E-state index contributed by atoms with van der Waals surface area (Å²) in [5.74, 6) is 1.33. The van der Waals surface area contributed by atoms with E-state index in [9.17, 15) is 18.0 Å². The first-order chi connectivity index (χ1) is 16.1. The fourth-order valence-corrected chi connectivity index (χ4v) is 3.84. The number of carbonyl (C=O) groups excluding carboxylic acids is 1. The van der Waals surface area contributed by atoms with Crippen LogP contribution in [0.2, 0.25) is 0 Å². The number of ether oxygens (including phenoxy) is 1. The monoisotopic (exact) mass is 479 g/mol. The van der Waals surface area contributed by atoms with Gasteiger partial charge in [0.2, 0.25) is 0 Å². The zero-order valence-corrected chi connectivity index (χ0v) is 21.2. The maximum Gasteiger partial charge on any atom is 0.416 e. The maximum atomic E-state index is 11.8. The van der Waals surface area contributed by atoms with Crippen molar-refractivity contribution in [2.24, 2.45) is 5.92 Å². The van der Waals surface area contributed by atoms with E-state index in [1.54, 1.807) is 13.0 Å². The lowest BCUT2D eigenvalue weighted by atomic mass is 9.93. The van der Waals surface area contributed by atoms with Gasteiger partial charge in [-0.05, 0) is 55.7 Å². The number of rotatable bonds is 5. The van der Waals surface area contributed by atoms with Gasteiger partial charge in [-0.1, -0.05) is 69.7 Å². The fraction of sp³-hybridized carbons (Fsp3) is 0.536. The summed E-state index contributed by atoms with van der Waals surface area (Å²) in [5, 5.41) is 0. The lowest BCUT2D eigenvalue weighted by Gasteiger charge is -2.34. The number of benzene rings is 2. The summed E-state index contributed by atoms with van der Waals surface area (Å²) in [6, 6.07) is 15.6. The van der Waals surface area contributed by atoms with Gasteiger partial charge in [0.1, 0.15) is 0 Å². The lowest BCUT2D eigenvalue weighted by Crippen LogP contribution is -2.35. The highest BCUT2D eigenvalue weighted by Gasteiger charge is 2.29. The molecule has 1 fully saturated rings. The highest BCUT2D eigenvalue weighted by atomic mass is 19.4. The largest absolute Gasteiger partial charge is 0.466 e. The molecular formula is C28H40F3NO2. The fourth-order valence-electron chi connectivity index (χ4n) is 3.84. The Hall–Kier alpha value is -2.50. The summed E-state index contributed by atoms with van der Waals surface area (Å²) < 4.78 is 39.8. The van der Waals surface area contributed by atoms with E-state index in [2.05, 4.69) is 54.7 Å². The van der Waals surface area contributed by atoms with Crippen LogP contribution in [0.3, 0.4) is 0 Å². The number of halogens is 3. The molecule has 0 spiro atoms. The molecule has 0 aromatic heterocycles. The third-order valence-corrected chi connectivity index (χ3v) is 5.59. The van der Waals surface area contributed by atoms with Crippen molar-refractivity contribution in [3.63, 3.8) is 0 Å². The second-order valence-electron chi connectivity index (χ2n) is 8.78. The van der Waals surface area contributed by atoms with E-state index in [0.29, 0.717) is 12.5 Å². The lowest BCUT2D eigenvalue weighted by molar-refractivity contribution is -0.140. The molecule has 6 heteroatoms. The van der Waals surface area contributed by atoms with Crippen LogP contribution in [-0.2, 0) is 15.7 Å². The number of nitrogens with zero attached hydrogens (tertiary/aromatic N) is 1. The standard InChI is InChI=1S/C17H27N.C7H5F3.C4H8O2/c1-4-6-15-7-5-12-18(13-15)17-10-8-16(9-11-17)14(2)3;8-7(9,10)6-4-2-1-3-5-6;1-3-6-4(2)5/h8-11,14-15H,4-7,12-13H2,1-3H3;1-5H;3H2,1-2H3. The Morgan fingerprint density at radius 1 is 1.06 bits per heavy atom. The van der Waals surface area contributed by atoms with Crippen LogP contribution in [0, 0.1) is 5.92 Å². The molecule has 190 valence electrons. The minimum Gasteiger partial charge on any atom is -0.466 e. The van der Waals surface area contributed by atoms with Crippen LogP contribution in [-0.4, -0.2) is 25.7 Å². The van der Waals surface area contributed by atoms with E-state index in [1.807, 2.05) is 0 Å². The molecule has 1 aliphatic heterocycles. The molecule has 1 aliphatic rings. The van der Waals surface area contributed by atoms with Crippen molar-refractivity contribution in [1.29, 1.82) is 0 Å². The molecule has 3 nitrogen and oxygen atoms in total. The van der Waals surface area contributed by atoms with Crippen LogP contribution in [0.4, 0.5) is 18.9 Å². The SMILES string of the molecule is CCCC1CCCN(c2ccc(C(C)C)cc2)C1.CCOC(C)=O.FC(F)(F)c1ccccc1. The van der Waals surface area contributed by atoms with Crippen molar-refractivity contribution in [1.82, 2.24) is 0 Å². The number of anilines is 1. The topological polar surface area (TPSA) is 29.5 Å².